The van der Waals surface area contributed by atoms with Crippen LogP contribution in [0, 0.1) is 34.5 Å². The van der Waals surface area contributed by atoms with Crippen LogP contribution in [-0.2, 0) is 14.3 Å². The molecule has 4 aliphatic rings. The molecule has 1 N–H and O–H groups in total. The molecule has 142 valence electrons. The summed E-state index contributed by atoms with van der Waals surface area (Å²) in [7, 11) is 0. The molecule has 0 aromatic rings. The Morgan fingerprint density at radius 3 is 2.69 bits per heavy atom. The molecule has 26 heavy (non-hydrogen) atoms. The van der Waals surface area contributed by atoms with Crippen molar-refractivity contribution in [1.29, 1.82) is 0 Å². The maximum atomic E-state index is 12.7. The summed E-state index contributed by atoms with van der Waals surface area (Å²) in [4.78, 5) is 24.2. The van der Waals surface area contributed by atoms with Crippen LogP contribution in [0.2, 0.25) is 0 Å². The zero-order valence-corrected chi connectivity index (χ0v) is 16.2. The van der Waals surface area contributed by atoms with Crippen LogP contribution in [-0.4, -0.2) is 29.1 Å². The fraction of sp³-hybridized carbons (Fsp3) is 0.727. The molecule has 3 saturated carbocycles. The SMILES string of the molecule is CC(=O)OC1C(=O)CC2C3C(CC[C@]12C)[C@@]1(C)C=C[C@H](C)C=C1C[C@@H]3O. The first-order valence-electron chi connectivity index (χ1n) is 9.95. The van der Waals surface area contributed by atoms with Crippen LogP contribution in [0.4, 0.5) is 0 Å². The number of ketones is 1. The van der Waals surface area contributed by atoms with Crippen LogP contribution in [0.15, 0.2) is 23.8 Å². The van der Waals surface area contributed by atoms with E-state index in [1.54, 1.807) is 0 Å². The van der Waals surface area contributed by atoms with Crippen LogP contribution >= 0.6 is 0 Å². The molecule has 0 aromatic carbocycles. The van der Waals surface area contributed by atoms with Crippen molar-refractivity contribution in [3.8, 4) is 0 Å². The van der Waals surface area contributed by atoms with Gasteiger partial charge in [-0.3, -0.25) is 9.59 Å². The van der Waals surface area contributed by atoms with Gasteiger partial charge >= 0.3 is 5.97 Å². The van der Waals surface area contributed by atoms with E-state index in [0.717, 1.165) is 12.8 Å². The van der Waals surface area contributed by atoms with Crippen molar-refractivity contribution in [2.24, 2.45) is 34.5 Å². The fourth-order valence-corrected chi connectivity index (χ4v) is 6.58. The molecule has 3 fully saturated rings. The summed E-state index contributed by atoms with van der Waals surface area (Å²) >= 11 is 0. The van der Waals surface area contributed by atoms with Crippen LogP contribution in [0.5, 0.6) is 0 Å². The molecule has 0 bridgehead atoms. The van der Waals surface area contributed by atoms with Crippen LogP contribution < -0.4 is 0 Å². The molecular formula is C22H30O4. The van der Waals surface area contributed by atoms with Gasteiger partial charge in [0, 0.05) is 24.2 Å². The van der Waals surface area contributed by atoms with E-state index in [-0.39, 0.29) is 28.4 Å². The highest BCUT2D eigenvalue weighted by Crippen LogP contribution is 2.64. The molecule has 0 heterocycles. The minimum Gasteiger partial charge on any atom is -0.454 e. The van der Waals surface area contributed by atoms with Crippen molar-refractivity contribution < 1.29 is 19.4 Å². The predicted molar refractivity (Wildman–Crippen MR) is 98.1 cm³/mol. The third-order valence-corrected chi connectivity index (χ3v) is 7.91. The molecule has 4 nitrogen and oxygen atoms in total. The van der Waals surface area contributed by atoms with Crippen molar-refractivity contribution >= 4 is 11.8 Å². The maximum Gasteiger partial charge on any atom is 0.303 e. The van der Waals surface area contributed by atoms with E-state index in [1.807, 2.05) is 0 Å². The number of fused-ring (bicyclic) bond motifs is 5. The lowest BCUT2D eigenvalue weighted by molar-refractivity contribution is -0.163. The van der Waals surface area contributed by atoms with Gasteiger partial charge in [-0.25, -0.2) is 0 Å². The number of hydrogen-bond acceptors (Lipinski definition) is 4. The average molecular weight is 358 g/mol. The van der Waals surface area contributed by atoms with Gasteiger partial charge < -0.3 is 9.84 Å². The van der Waals surface area contributed by atoms with Crippen LogP contribution in [0.3, 0.4) is 0 Å². The Hall–Kier alpha value is -1.42. The number of aliphatic hydroxyl groups is 1. The smallest absolute Gasteiger partial charge is 0.303 e. The van der Waals surface area contributed by atoms with Gasteiger partial charge in [0.15, 0.2) is 11.9 Å². The molecule has 0 aliphatic heterocycles. The Morgan fingerprint density at radius 1 is 1.27 bits per heavy atom. The Kier molecular flexibility index (Phi) is 4.00. The number of rotatable bonds is 1. The highest BCUT2D eigenvalue weighted by atomic mass is 16.5. The molecule has 0 saturated heterocycles. The van der Waals surface area contributed by atoms with Crippen molar-refractivity contribution in [1.82, 2.24) is 0 Å². The molecule has 4 aliphatic carbocycles. The largest absolute Gasteiger partial charge is 0.454 e. The molecule has 4 heteroatoms. The topological polar surface area (TPSA) is 63.6 Å². The minimum absolute atomic E-state index is 0.0275. The average Bonchev–Trinajstić information content (AvgIpc) is 2.80. The van der Waals surface area contributed by atoms with Crippen LogP contribution in [0.25, 0.3) is 0 Å². The quantitative estimate of drug-likeness (QED) is 0.576. The highest BCUT2D eigenvalue weighted by Gasteiger charge is 2.64. The number of aliphatic hydroxyl groups excluding tert-OH is 1. The summed E-state index contributed by atoms with van der Waals surface area (Å²) in [6, 6.07) is 0. The Bertz CT molecular complexity index is 707. The summed E-state index contributed by atoms with van der Waals surface area (Å²) in [5, 5.41) is 11.1. The van der Waals surface area contributed by atoms with E-state index in [9.17, 15) is 14.7 Å². The molecule has 0 radical (unpaired) electrons. The van der Waals surface area contributed by atoms with Crippen molar-refractivity contribution in [2.45, 2.75) is 65.6 Å². The molecule has 8 atom stereocenters. The van der Waals surface area contributed by atoms with Gasteiger partial charge in [-0.15, -0.1) is 0 Å². The number of hydrogen-bond donors (Lipinski definition) is 1. The zero-order valence-electron chi connectivity index (χ0n) is 16.2. The minimum atomic E-state index is -0.648. The molecule has 0 spiro atoms. The summed E-state index contributed by atoms with van der Waals surface area (Å²) in [5.74, 6) is 0.552. The van der Waals surface area contributed by atoms with Gasteiger partial charge in [-0.2, -0.15) is 0 Å². The first-order valence-corrected chi connectivity index (χ1v) is 9.95. The van der Waals surface area contributed by atoms with Gasteiger partial charge in [-0.1, -0.05) is 44.6 Å². The number of esters is 1. The van der Waals surface area contributed by atoms with Gasteiger partial charge in [0.1, 0.15) is 0 Å². The lowest BCUT2D eigenvalue weighted by atomic mass is 9.47. The monoisotopic (exact) mass is 358 g/mol. The summed E-state index contributed by atoms with van der Waals surface area (Å²) < 4.78 is 5.46. The van der Waals surface area contributed by atoms with E-state index in [4.69, 9.17) is 4.74 Å². The van der Waals surface area contributed by atoms with Gasteiger partial charge in [0.05, 0.1) is 6.10 Å². The Balaban J connectivity index is 1.71. The molecule has 0 amide bonds. The summed E-state index contributed by atoms with van der Waals surface area (Å²) in [6.45, 7) is 7.94. The second-order valence-corrected chi connectivity index (χ2v) is 9.46. The van der Waals surface area contributed by atoms with E-state index < -0.39 is 18.2 Å². The van der Waals surface area contributed by atoms with E-state index in [1.165, 1.54) is 12.5 Å². The molecular weight excluding hydrogens is 328 g/mol. The normalized spacial score (nSPS) is 49.7. The third kappa shape index (κ3) is 2.37. The Labute approximate surface area is 155 Å². The molecule has 4 rings (SSSR count). The van der Waals surface area contributed by atoms with Crippen molar-refractivity contribution in [2.75, 3.05) is 0 Å². The Morgan fingerprint density at radius 2 is 2.00 bits per heavy atom. The van der Waals surface area contributed by atoms with E-state index >= 15 is 0 Å². The first kappa shape index (κ1) is 18.0. The van der Waals surface area contributed by atoms with Gasteiger partial charge in [0.2, 0.25) is 0 Å². The number of Topliss-reactive ketones (excluding diaryl/α,β-unsaturated/α-hetero) is 1. The second kappa shape index (κ2) is 5.79. The second-order valence-electron chi connectivity index (χ2n) is 9.46. The zero-order chi connectivity index (χ0) is 18.9. The highest BCUT2D eigenvalue weighted by molar-refractivity contribution is 5.89. The number of carbonyl (C=O) groups is 2. The lowest BCUT2D eigenvalue weighted by Crippen LogP contribution is -2.55. The third-order valence-electron chi connectivity index (χ3n) is 7.91. The predicted octanol–water partition coefficient (Wildman–Crippen LogP) is 3.44. The first-order chi connectivity index (χ1) is 12.2. The fourth-order valence-electron chi connectivity index (χ4n) is 6.58. The molecule has 0 aromatic heterocycles. The standard InChI is InChI=1S/C22H30O4/c1-12-5-7-21(3)14(9-12)10-17(24)19-15(21)6-8-22(4)16(19)11-18(25)20(22)26-13(2)23/h5,7,9,12,15-17,19-20,24H,6,8,10-11H2,1-4H3/t12-,15?,16?,17-,19?,20?,21-,22-/m0/s1. The maximum absolute atomic E-state index is 12.7. The van der Waals surface area contributed by atoms with Gasteiger partial charge in [0.25, 0.3) is 0 Å². The van der Waals surface area contributed by atoms with Gasteiger partial charge in [-0.05, 0) is 42.9 Å². The number of ether oxygens (including phenoxy) is 1. The van der Waals surface area contributed by atoms with E-state index in [0.29, 0.717) is 24.7 Å². The number of allylic oxidation sites excluding steroid dienone is 3. The van der Waals surface area contributed by atoms with Crippen LogP contribution in [0.1, 0.15) is 53.4 Å². The van der Waals surface area contributed by atoms with E-state index in [2.05, 4.69) is 39.0 Å². The summed E-state index contributed by atoms with van der Waals surface area (Å²) in [6.07, 6.45) is 8.78. The summed E-state index contributed by atoms with van der Waals surface area (Å²) in [5.41, 5.74) is 0.972. The van der Waals surface area contributed by atoms with Crippen molar-refractivity contribution in [3.05, 3.63) is 23.8 Å². The molecule has 4 unspecified atom stereocenters. The number of carbonyl (C=O) groups excluding carboxylic acids is 2. The lowest BCUT2D eigenvalue weighted by Gasteiger charge is -2.58. The van der Waals surface area contributed by atoms with Crippen molar-refractivity contribution in [3.63, 3.8) is 0 Å².